The number of rotatable bonds is 4. The third-order valence-electron chi connectivity index (χ3n) is 4.47. The highest BCUT2D eigenvalue weighted by Gasteiger charge is 2.31. The second-order valence-corrected chi connectivity index (χ2v) is 7.85. The number of amides is 2. The first-order valence-corrected chi connectivity index (χ1v) is 9.69. The van der Waals surface area contributed by atoms with Gasteiger partial charge >= 0.3 is 6.09 Å². The Morgan fingerprint density at radius 2 is 1.62 bits per heavy atom. The first-order valence-electron chi connectivity index (χ1n) is 9.69. The molecule has 0 aliphatic carbocycles. The summed E-state index contributed by atoms with van der Waals surface area (Å²) < 4.78 is 5.36. The van der Waals surface area contributed by atoms with Crippen molar-refractivity contribution >= 4 is 17.9 Å². The average molecular weight is 397 g/mol. The molecule has 8 nitrogen and oxygen atoms in total. The SMILES string of the molecule is CC(C)(C)OC(=O)NC(C(=O)N1CCN(c2ncccn2)CC1)c1ccccc1. The number of carbonyl (C=O) groups excluding carboxylic acids is 2. The van der Waals surface area contributed by atoms with Gasteiger partial charge in [-0.05, 0) is 32.4 Å². The van der Waals surface area contributed by atoms with Gasteiger partial charge in [0.05, 0.1) is 0 Å². The van der Waals surface area contributed by atoms with Gasteiger partial charge in [0.15, 0.2) is 0 Å². The summed E-state index contributed by atoms with van der Waals surface area (Å²) in [5.74, 6) is 0.502. The molecule has 2 amide bonds. The summed E-state index contributed by atoms with van der Waals surface area (Å²) in [4.78, 5) is 37.9. The Labute approximate surface area is 170 Å². The van der Waals surface area contributed by atoms with Crippen LogP contribution < -0.4 is 10.2 Å². The molecule has 154 valence electrons. The molecule has 0 bridgehead atoms. The van der Waals surface area contributed by atoms with E-state index in [4.69, 9.17) is 4.74 Å². The molecule has 1 aliphatic rings. The van der Waals surface area contributed by atoms with Gasteiger partial charge in [0.1, 0.15) is 11.6 Å². The predicted octanol–water partition coefficient (Wildman–Crippen LogP) is 2.39. The number of ether oxygens (including phenoxy) is 1. The molecule has 3 rings (SSSR count). The Balaban J connectivity index is 1.69. The van der Waals surface area contributed by atoms with Crippen molar-refractivity contribution in [1.29, 1.82) is 0 Å². The van der Waals surface area contributed by atoms with Gasteiger partial charge < -0.3 is 19.9 Å². The molecule has 1 aromatic heterocycles. The van der Waals surface area contributed by atoms with Gasteiger partial charge in [0, 0.05) is 38.6 Å². The average Bonchev–Trinajstić information content (AvgIpc) is 2.72. The maximum Gasteiger partial charge on any atom is 0.408 e. The van der Waals surface area contributed by atoms with Crippen molar-refractivity contribution in [3.63, 3.8) is 0 Å². The van der Waals surface area contributed by atoms with Crippen molar-refractivity contribution in [2.45, 2.75) is 32.4 Å². The highest BCUT2D eigenvalue weighted by molar-refractivity contribution is 5.87. The van der Waals surface area contributed by atoms with Crippen LogP contribution in [0.25, 0.3) is 0 Å². The Hall–Kier alpha value is -3.16. The third-order valence-corrected chi connectivity index (χ3v) is 4.47. The van der Waals surface area contributed by atoms with Crippen LogP contribution in [-0.4, -0.2) is 58.6 Å². The van der Waals surface area contributed by atoms with E-state index in [2.05, 4.69) is 15.3 Å². The fourth-order valence-electron chi connectivity index (χ4n) is 3.12. The number of nitrogens with zero attached hydrogens (tertiary/aromatic N) is 4. The zero-order chi connectivity index (χ0) is 20.9. The van der Waals surface area contributed by atoms with Gasteiger partial charge in [-0.15, -0.1) is 0 Å². The number of aromatic nitrogens is 2. The van der Waals surface area contributed by atoms with Crippen molar-refractivity contribution in [3.8, 4) is 0 Å². The normalized spacial score (nSPS) is 15.6. The van der Waals surface area contributed by atoms with Crippen LogP contribution in [0.5, 0.6) is 0 Å². The highest BCUT2D eigenvalue weighted by Crippen LogP contribution is 2.19. The van der Waals surface area contributed by atoms with Crippen LogP contribution in [0.2, 0.25) is 0 Å². The van der Waals surface area contributed by atoms with E-state index in [1.807, 2.05) is 35.2 Å². The fraction of sp³-hybridized carbons (Fsp3) is 0.429. The third kappa shape index (κ3) is 5.66. The van der Waals surface area contributed by atoms with Gasteiger partial charge in [0.25, 0.3) is 0 Å². The summed E-state index contributed by atoms with van der Waals surface area (Å²) in [6, 6.07) is 10.2. The van der Waals surface area contributed by atoms with Crippen LogP contribution in [0.4, 0.5) is 10.7 Å². The number of anilines is 1. The topological polar surface area (TPSA) is 87.7 Å². The summed E-state index contributed by atoms with van der Waals surface area (Å²) in [7, 11) is 0. The van der Waals surface area contributed by atoms with Gasteiger partial charge in [-0.3, -0.25) is 4.79 Å². The molecule has 0 radical (unpaired) electrons. The maximum absolute atomic E-state index is 13.2. The minimum atomic E-state index is -0.800. The molecule has 1 aliphatic heterocycles. The van der Waals surface area contributed by atoms with Crippen molar-refractivity contribution in [1.82, 2.24) is 20.2 Å². The number of nitrogens with one attached hydrogen (secondary N) is 1. The first kappa shape index (κ1) is 20.6. The van der Waals surface area contributed by atoms with Crippen LogP contribution in [0.15, 0.2) is 48.8 Å². The minimum absolute atomic E-state index is 0.157. The molecule has 0 spiro atoms. The molecule has 1 saturated heterocycles. The zero-order valence-corrected chi connectivity index (χ0v) is 17.0. The van der Waals surface area contributed by atoms with Crippen LogP contribution in [0, 0.1) is 0 Å². The molecule has 2 aromatic rings. The van der Waals surface area contributed by atoms with Gasteiger partial charge in [-0.2, -0.15) is 0 Å². The van der Waals surface area contributed by atoms with E-state index in [9.17, 15) is 9.59 Å². The fourth-order valence-corrected chi connectivity index (χ4v) is 3.12. The molecule has 1 aromatic carbocycles. The highest BCUT2D eigenvalue weighted by atomic mass is 16.6. The van der Waals surface area contributed by atoms with Crippen molar-refractivity contribution in [2.75, 3.05) is 31.1 Å². The van der Waals surface area contributed by atoms with Gasteiger partial charge in [0.2, 0.25) is 11.9 Å². The number of hydrogen-bond acceptors (Lipinski definition) is 6. The molecule has 29 heavy (non-hydrogen) atoms. The van der Waals surface area contributed by atoms with Gasteiger partial charge in [-0.25, -0.2) is 14.8 Å². The lowest BCUT2D eigenvalue weighted by molar-refractivity contribution is -0.134. The lowest BCUT2D eigenvalue weighted by atomic mass is 10.1. The Kier molecular flexibility index (Phi) is 6.31. The monoisotopic (exact) mass is 397 g/mol. The first-order chi connectivity index (χ1) is 13.8. The summed E-state index contributed by atoms with van der Waals surface area (Å²) in [5.41, 5.74) is 0.0764. The van der Waals surface area contributed by atoms with E-state index in [0.29, 0.717) is 32.1 Å². The molecule has 1 fully saturated rings. The molecule has 1 N–H and O–H groups in total. The Bertz CT molecular complexity index is 815. The number of alkyl carbamates (subject to hydrolysis) is 1. The molecule has 1 atom stereocenters. The van der Waals surface area contributed by atoms with Crippen molar-refractivity contribution < 1.29 is 14.3 Å². The summed E-state index contributed by atoms with van der Waals surface area (Å²) in [5, 5.41) is 2.74. The largest absolute Gasteiger partial charge is 0.444 e. The lowest BCUT2D eigenvalue weighted by Crippen LogP contribution is -2.52. The van der Waals surface area contributed by atoms with Crippen LogP contribution in [0.3, 0.4) is 0 Å². The molecule has 1 unspecified atom stereocenters. The second-order valence-electron chi connectivity index (χ2n) is 7.85. The van der Waals surface area contributed by atoms with E-state index in [0.717, 1.165) is 5.56 Å². The predicted molar refractivity (Wildman–Crippen MR) is 109 cm³/mol. The van der Waals surface area contributed by atoms with Gasteiger partial charge in [-0.1, -0.05) is 30.3 Å². The number of hydrogen-bond donors (Lipinski definition) is 1. The summed E-state index contributed by atoms with van der Waals surface area (Å²) in [6.45, 7) is 7.67. The van der Waals surface area contributed by atoms with Crippen LogP contribution in [-0.2, 0) is 9.53 Å². The van der Waals surface area contributed by atoms with Crippen LogP contribution >= 0.6 is 0 Å². The Morgan fingerprint density at radius 1 is 1.00 bits per heavy atom. The number of carbonyl (C=O) groups is 2. The van der Waals surface area contributed by atoms with E-state index in [1.165, 1.54) is 0 Å². The zero-order valence-electron chi connectivity index (χ0n) is 17.0. The minimum Gasteiger partial charge on any atom is -0.444 e. The van der Waals surface area contributed by atoms with Crippen molar-refractivity contribution in [2.24, 2.45) is 0 Å². The van der Waals surface area contributed by atoms with Crippen LogP contribution in [0.1, 0.15) is 32.4 Å². The van der Waals surface area contributed by atoms with Crippen molar-refractivity contribution in [3.05, 3.63) is 54.4 Å². The second kappa shape index (κ2) is 8.89. The number of benzene rings is 1. The standard InChI is InChI=1S/C21H27N5O3/c1-21(2,3)29-20(28)24-17(16-8-5-4-6-9-16)18(27)25-12-14-26(15-13-25)19-22-10-7-11-23-19/h4-11,17H,12-15H2,1-3H3,(H,24,28). The summed E-state index contributed by atoms with van der Waals surface area (Å²) >= 11 is 0. The smallest absolute Gasteiger partial charge is 0.408 e. The van der Waals surface area contributed by atoms with E-state index < -0.39 is 17.7 Å². The van der Waals surface area contributed by atoms with E-state index in [-0.39, 0.29) is 5.91 Å². The maximum atomic E-state index is 13.2. The molecule has 2 heterocycles. The number of piperazine rings is 1. The summed E-state index contributed by atoms with van der Waals surface area (Å²) in [6.07, 6.45) is 2.79. The lowest BCUT2D eigenvalue weighted by Gasteiger charge is -2.36. The molecular weight excluding hydrogens is 370 g/mol. The van der Waals surface area contributed by atoms with E-state index in [1.54, 1.807) is 44.1 Å². The molecule has 8 heteroatoms. The quantitative estimate of drug-likeness (QED) is 0.852. The molecule has 0 saturated carbocycles. The van der Waals surface area contributed by atoms with E-state index >= 15 is 0 Å². The molecular formula is C21H27N5O3. The Morgan fingerprint density at radius 3 is 2.21 bits per heavy atom.